The number of hydrogen-bond donors (Lipinski definition) is 3. The van der Waals surface area contributed by atoms with Crippen LogP contribution in [0.5, 0.6) is 0 Å². The summed E-state index contributed by atoms with van der Waals surface area (Å²) in [5.74, 6) is -1.57. The normalized spacial score (nSPS) is 27.0. The molecule has 100 valence electrons. The zero-order valence-corrected chi connectivity index (χ0v) is 10.8. The summed E-state index contributed by atoms with van der Waals surface area (Å²) in [7, 11) is 0. The van der Waals surface area contributed by atoms with E-state index in [-0.39, 0.29) is 0 Å². The fourth-order valence-corrected chi connectivity index (χ4v) is 2.34. The van der Waals surface area contributed by atoms with Gasteiger partial charge in [0, 0.05) is 11.8 Å². The van der Waals surface area contributed by atoms with Gasteiger partial charge in [-0.15, -0.1) is 0 Å². The van der Waals surface area contributed by atoms with Gasteiger partial charge in [-0.1, -0.05) is 48.6 Å². The third-order valence-electron chi connectivity index (χ3n) is 3.19. The highest BCUT2D eigenvalue weighted by Crippen LogP contribution is 2.35. The Bertz CT molecular complexity index is 515. The minimum atomic E-state index is -1.73. The van der Waals surface area contributed by atoms with Gasteiger partial charge in [0.15, 0.2) is 0 Å². The van der Waals surface area contributed by atoms with Crippen molar-refractivity contribution in [1.29, 1.82) is 0 Å². The summed E-state index contributed by atoms with van der Waals surface area (Å²) in [6.45, 7) is 0. The van der Waals surface area contributed by atoms with Crippen molar-refractivity contribution in [2.45, 2.75) is 17.6 Å². The quantitative estimate of drug-likeness (QED) is 0.730. The molecule has 1 aromatic carbocycles. The van der Waals surface area contributed by atoms with E-state index in [1.807, 2.05) is 4.84 Å². The van der Waals surface area contributed by atoms with Crippen molar-refractivity contribution in [2.24, 2.45) is 0 Å². The average Bonchev–Trinajstić information content (AvgIpc) is 2.43. The first-order chi connectivity index (χ1) is 9.09. The molecule has 1 aliphatic carbocycles. The molecule has 0 saturated carbocycles. The topological polar surface area (TPSA) is 69.6 Å². The fourth-order valence-electron chi connectivity index (χ4n) is 2.23. The summed E-state index contributed by atoms with van der Waals surface area (Å²) >= 11 is 5.39. The number of halogens is 1. The number of rotatable bonds is 3. The van der Waals surface area contributed by atoms with E-state index in [0.717, 1.165) is 0 Å². The molecule has 0 aromatic heterocycles. The lowest BCUT2D eigenvalue weighted by atomic mass is 9.76. The second kappa shape index (κ2) is 5.57. The van der Waals surface area contributed by atoms with E-state index in [2.05, 4.69) is 0 Å². The van der Waals surface area contributed by atoms with E-state index in [9.17, 15) is 15.0 Å². The SMILES string of the molecule is O=C(NCl)C(c1ccccc1)C1(O)C=CC=CC1O. The first-order valence-electron chi connectivity index (χ1n) is 5.81. The summed E-state index contributed by atoms with van der Waals surface area (Å²) in [4.78, 5) is 14.0. The van der Waals surface area contributed by atoms with Crippen LogP contribution in [0.1, 0.15) is 11.5 Å². The van der Waals surface area contributed by atoms with Crippen LogP contribution in [0.2, 0.25) is 0 Å². The Morgan fingerprint density at radius 2 is 2.00 bits per heavy atom. The summed E-state index contributed by atoms with van der Waals surface area (Å²) in [6, 6.07) is 8.71. The van der Waals surface area contributed by atoms with Gasteiger partial charge in [0.05, 0.1) is 5.92 Å². The molecule has 0 heterocycles. The molecule has 19 heavy (non-hydrogen) atoms. The van der Waals surface area contributed by atoms with Crippen molar-refractivity contribution >= 4 is 17.7 Å². The van der Waals surface area contributed by atoms with Crippen molar-refractivity contribution < 1.29 is 15.0 Å². The van der Waals surface area contributed by atoms with Crippen LogP contribution in [-0.2, 0) is 4.79 Å². The van der Waals surface area contributed by atoms with Gasteiger partial charge in [0.1, 0.15) is 11.7 Å². The molecule has 0 spiro atoms. The highest BCUT2D eigenvalue weighted by molar-refractivity contribution is 6.22. The number of amides is 1. The summed E-state index contributed by atoms with van der Waals surface area (Å²) in [5, 5.41) is 20.6. The average molecular weight is 280 g/mol. The Hall–Kier alpha value is -1.62. The van der Waals surface area contributed by atoms with Crippen molar-refractivity contribution in [3.63, 3.8) is 0 Å². The van der Waals surface area contributed by atoms with E-state index in [0.29, 0.717) is 5.56 Å². The number of allylic oxidation sites excluding steroid dienone is 2. The van der Waals surface area contributed by atoms with Gasteiger partial charge in [-0.25, -0.2) is 0 Å². The minimum Gasteiger partial charge on any atom is -0.386 e. The van der Waals surface area contributed by atoms with E-state index >= 15 is 0 Å². The predicted octanol–water partition coefficient (Wildman–Crippen LogP) is 1.26. The molecule has 1 amide bonds. The second-order valence-electron chi connectivity index (χ2n) is 4.38. The predicted molar refractivity (Wildman–Crippen MR) is 72.4 cm³/mol. The summed E-state index contributed by atoms with van der Waals surface area (Å²) < 4.78 is 0. The molecule has 4 nitrogen and oxygen atoms in total. The molecule has 0 aliphatic heterocycles. The smallest absolute Gasteiger partial charge is 0.245 e. The van der Waals surface area contributed by atoms with Crippen LogP contribution in [0.4, 0.5) is 0 Å². The number of aliphatic hydroxyl groups is 2. The molecule has 0 radical (unpaired) electrons. The monoisotopic (exact) mass is 279 g/mol. The Morgan fingerprint density at radius 1 is 1.32 bits per heavy atom. The van der Waals surface area contributed by atoms with E-state index < -0.39 is 23.5 Å². The molecular weight excluding hydrogens is 266 g/mol. The van der Waals surface area contributed by atoms with E-state index in [1.54, 1.807) is 42.5 Å². The first-order valence-corrected chi connectivity index (χ1v) is 6.19. The van der Waals surface area contributed by atoms with Crippen LogP contribution >= 0.6 is 11.8 Å². The summed E-state index contributed by atoms with van der Waals surface area (Å²) in [5.41, 5.74) is -1.16. The maximum atomic E-state index is 12.0. The van der Waals surface area contributed by atoms with Crippen LogP contribution in [-0.4, -0.2) is 27.8 Å². The molecule has 3 N–H and O–H groups in total. The zero-order valence-electron chi connectivity index (χ0n) is 10.0. The van der Waals surface area contributed by atoms with Crippen LogP contribution < -0.4 is 4.84 Å². The van der Waals surface area contributed by atoms with Gasteiger partial charge < -0.3 is 10.2 Å². The molecule has 0 saturated heterocycles. The molecule has 3 atom stereocenters. The van der Waals surface area contributed by atoms with Gasteiger partial charge in [0.25, 0.3) is 0 Å². The number of carbonyl (C=O) groups excluding carboxylic acids is 1. The lowest BCUT2D eigenvalue weighted by Gasteiger charge is -2.36. The number of benzene rings is 1. The Balaban J connectivity index is 2.47. The summed E-state index contributed by atoms with van der Waals surface area (Å²) in [6.07, 6.45) is 4.85. The maximum absolute atomic E-state index is 12.0. The molecule has 3 unspecified atom stereocenters. The van der Waals surface area contributed by atoms with Crippen molar-refractivity contribution in [2.75, 3.05) is 0 Å². The molecule has 2 rings (SSSR count). The highest BCUT2D eigenvalue weighted by Gasteiger charge is 2.45. The first kappa shape index (κ1) is 13.8. The third kappa shape index (κ3) is 2.56. The Labute approximate surface area is 116 Å². The van der Waals surface area contributed by atoms with Gasteiger partial charge in [-0.3, -0.25) is 9.63 Å². The maximum Gasteiger partial charge on any atom is 0.245 e. The molecule has 5 heteroatoms. The molecule has 0 fully saturated rings. The minimum absolute atomic E-state index is 0.571. The fraction of sp³-hybridized carbons (Fsp3) is 0.214. The zero-order chi connectivity index (χ0) is 13.9. The third-order valence-corrected chi connectivity index (χ3v) is 3.38. The lowest BCUT2D eigenvalue weighted by Crippen LogP contribution is -2.50. The highest BCUT2D eigenvalue weighted by atomic mass is 35.5. The Kier molecular flexibility index (Phi) is 4.04. The number of carbonyl (C=O) groups is 1. The van der Waals surface area contributed by atoms with Crippen LogP contribution in [0.3, 0.4) is 0 Å². The largest absolute Gasteiger partial charge is 0.386 e. The van der Waals surface area contributed by atoms with Crippen LogP contribution in [0.15, 0.2) is 54.6 Å². The molecule has 0 bridgehead atoms. The standard InChI is InChI=1S/C14H14ClNO3/c15-16-13(18)12(10-6-2-1-3-7-10)14(19)9-5-4-8-11(14)17/h1-9,11-12,17,19H,(H,16,18). The van der Waals surface area contributed by atoms with Gasteiger partial charge in [-0.2, -0.15) is 0 Å². The van der Waals surface area contributed by atoms with Gasteiger partial charge >= 0.3 is 0 Å². The number of hydrogen-bond acceptors (Lipinski definition) is 3. The number of nitrogens with one attached hydrogen (secondary N) is 1. The Morgan fingerprint density at radius 3 is 2.58 bits per heavy atom. The van der Waals surface area contributed by atoms with Crippen LogP contribution in [0, 0.1) is 0 Å². The molecule has 1 aliphatic rings. The van der Waals surface area contributed by atoms with E-state index in [4.69, 9.17) is 11.8 Å². The van der Waals surface area contributed by atoms with Crippen molar-refractivity contribution in [3.8, 4) is 0 Å². The van der Waals surface area contributed by atoms with Crippen molar-refractivity contribution in [1.82, 2.24) is 4.84 Å². The van der Waals surface area contributed by atoms with Crippen molar-refractivity contribution in [3.05, 3.63) is 60.2 Å². The van der Waals surface area contributed by atoms with E-state index in [1.165, 1.54) is 12.2 Å². The molecule has 1 aromatic rings. The second-order valence-corrected chi connectivity index (χ2v) is 4.57. The van der Waals surface area contributed by atoms with Gasteiger partial charge in [0.2, 0.25) is 5.91 Å². The number of aliphatic hydroxyl groups excluding tert-OH is 1. The molecular formula is C14H14ClNO3. The lowest BCUT2D eigenvalue weighted by molar-refractivity contribution is -0.129. The van der Waals surface area contributed by atoms with Gasteiger partial charge in [-0.05, 0) is 11.6 Å². The van der Waals surface area contributed by atoms with Crippen LogP contribution in [0.25, 0.3) is 0 Å².